The van der Waals surface area contributed by atoms with Crippen LogP contribution in [0.2, 0.25) is 0 Å². The minimum Gasteiger partial charge on any atom is -1.00 e. The van der Waals surface area contributed by atoms with Gasteiger partial charge in [-0.3, -0.25) is 0 Å². The zero-order valence-electron chi connectivity index (χ0n) is 4.47. The van der Waals surface area contributed by atoms with Gasteiger partial charge in [0.15, 0.2) is 0 Å². The third kappa shape index (κ3) is 126. The van der Waals surface area contributed by atoms with E-state index in [-0.39, 0.29) is 131 Å². The summed E-state index contributed by atoms with van der Waals surface area (Å²) < 4.78 is 0. The molecule has 0 fully saturated rings. The van der Waals surface area contributed by atoms with Gasteiger partial charge in [0.25, 0.3) is 0 Å². The molecule has 0 aromatic carbocycles. The first-order valence-electron chi connectivity index (χ1n) is 0. The van der Waals surface area contributed by atoms with Crippen LogP contribution in [0.3, 0.4) is 0 Å². The van der Waals surface area contributed by atoms with Gasteiger partial charge in [0.05, 0.1) is 0 Å². The van der Waals surface area contributed by atoms with Crippen LogP contribution in [0.5, 0.6) is 0 Å². The Kier molecular flexibility index (Phi) is 3590. The summed E-state index contributed by atoms with van der Waals surface area (Å²) in [4.78, 5) is 0. The fourth-order valence-electron chi connectivity index (χ4n) is 0. The molecule has 0 amide bonds. The van der Waals surface area contributed by atoms with E-state index in [0.717, 1.165) is 0 Å². The molecule has 0 aromatic heterocycles. The van der Waals surface area contributed by atoms with Crippen LogP contribution in [-0.4, -0.2) is 48.7 Å². The SMILES string of the molecule is O.O.[C+4].[Ca+2].[Cl-].[Cl-].[Cl-].[Cl-].[Cl-].[Cl-]. The standard InChI is InChI=1S/C.Ca.6ClH.2H2O/h;;6*1H;2*1H2/q+4;+2;;;;;;;;/p-6. The van der Waals surface area contributed by atoms with Crippen LogP contribution in [0, 0.1) is 7.43 Å². The summed E-state index contributed by atoms with van der Waals surface area (Å²) >= 11 is 0. The Labute approximate surface area is 129 Å². The topological polar surface area (TPSA) is 63.0 Å². The van der Waals surface area contributed by atoms with Crippen molar-refractivity contribution in [3.63, 3.8) is 0 Å². The summed E-state index contributed by atoms with van der Waals surface area (Å²) in [5, 5.41) is 0. The number of hydrogen-bond donors (Lipinski definition) is 0. The maximum atomic E-state index is 0. The van der Waals surface area contributed by atoms with Gasteiger partial charge in [0.2, 0.25) is 0 Å². The molecule has 0 saturated heterocycles. The maximum Gasteiger partial charge on any atom is 4.00 e. The Hall–Kier alpha value is 2.92. The first kappa shape index (κ1) is 215. The molecule has 0 aliphatic rings. The van der Waals surface area contributed by atoms with Crippen LogP contribution >= 0.6 is 0 Å². The van der Waals surface area contributed by atoms with Gasteiger partial charge in [-0.2, -0.15) is 0 Å². The summed E-state index contributed by atoms with van der Waals surface area (Å²) in [5.41, 5.74) is 0. The number of halogens is 6. The maximum absolute atomic E-state index is 0. The molecule has 4 N–H and O–H groups in total. The van der Waals surface area contributed by atoms with Crippen molar-refractivity contribution in [2.24, 2.45) is 0 Å². The molecule has 0 bridgehead atoms. The molecule has 2 nitrogen and oxygen atoms in total. The monoisotopic (exact) mass is 298 g/mol. The van der Waals surface area contributed by atoms with E-state index in [1.54, 1.807) is 0 Å². The van der Waals surface area contributed by atoms with Gasteiger partial charge in [0, 0.05) is 0 Å². The Balaban J connectivity index is 0. The molecule has 0 heterocycles. The fourth-order valence-corrected chi connectivity index (χ4v) is 0. The average Bonchev–Trinajstić information content (AvgIpc) is 0. The molecule has 0 spiro atoms. The molecule has 0 unspecified atom stereocenters. The molecule has 0 rings (SSSR count). The van der Waals surface area contributed by atoms with E-state index in [2.05, 4.69) is 0 Å². The third-order valence-corrected chi connectivity index (χ3v) is 0. The Morgan fingerprint density at radius 1 is 0.400 bits per heavy atom. The Morgan fingerprint density at radius 2 is 0.400 bits per heavy atom. The molecule has 0 aliphatic carbocycles. The summed E-state index contributed by atoms with van der Waals surface area (Å²) in [6.07, 6.45) is 0. The smallest absolute Gasteiger partial charge is 1.00 e. The zero-order chi connectivity index (χ0) is 0. The molecule has 0 saturated carbocycles. The molecule has 0 atom stereocenters. The van der Waals surface area contributed by atoms with Gasteiger partial charge >= 0.3 is 45.2 Å². The molecular weight excluding hydrogens is 297 g/mol. The van der Waals surface area contributed by atoms with E-state index in [4.69, 9.17) is 0 Å². The minimum atomic E-state index is 0. The van der Waals surface area contributed by atoms with E-state index in [1.807, 2.05) is 0 Å². The Bertz CT molecular complexity index is 15.7. The first-order valence-corrected chi connectivity index (χ1v) is 0. The fraction of sp³-hybridized carbons (Fsp3) is 0. The van der Waals surface area contributed by atoms with Gasteiger partial charge in [-0.25, -0.2) is 0 Å². The summed E-state index contributed by atoms with van der Waals surface area (Å²) in [6, 6.07) is 0. The molecule has 0 radical (unpaired) electrons. The van der Waals surface area contributed by atoms with Crippen LogP contribution in [0.1, 0.15) is 0 Å². The van der Waals surface area contributed by atoms with Crippen molar-refractivity contribution in [3.8, 4) is 0 Å². The summed E-state index contributed by atoms with van der Waals surface area (Å²) in [7, 11) is 0. The Morgan fingerprint density at radius 3 is 0.400 bits per heavy atom. The second-order valence-electron chi connectivity index (χ2n) is 0. The predicted molar refractivity (Wildman–Crippen MR) is 16.2 cm³/mol. The molecular formula is CH4CaCl6O2. The van der Waals surface area contributed by atoms with Crippen LogP contribution in [0.4, 0.5) is 0 Å². The average molecular weight is 301 g/mol. The first-order chi connectivity index (χ1) is 0. The van der Waals surface area contributed by atoms with Crippen LogP contribution in [0.25, 0.3) is 0 Å². The predicted octanol–water partition coefficient (Wildman–Crippen LogP) is -19.9. The molecule has 10 heavy (non-hydrogen) atoms. The van der Waals surface area contributed by atoms with Crippen LogP contribution in [0.15, 0.2) is 0 Å². The van der Waals surface area contributed by atoms with Gasteiger partial charge in [-0.1, -0.05) is 0 Å². The van der Waals surface area contributed by atoms with Gasteiger partial charge in [0.1, 0.15) is 0 Å². The van der Waals surface area contributed by atoms with Crippen LogP contribution in [-0.2, 0) is 0 Å². The summed E-state index contributed by atoms with van der Waals surface area (Å²) in [5.74, 6) is 0. The normalized spacial score (nSPS) is 0. The number of hydrogen-bond acceptors (Lipinski definition) is 0. The van der Waals surface area contributed by atoms with E-state index in [0.29, 0.717) is 0 Å². The quantitative estimate of drug-likeness (QED) is 0.399. The van der Waals surface area contributed by atoms with Crippen molar-refractivity contribution in [1.82, 2.24) is 0 Å². The van der Waals surface area contributed by atoms with E-state index < -0.39 is 0 Å². The van der Waals surface area contributed by atoms with Gasteiger partial charge in [-0.15, -0.1) is 0 Å². The second kappa shape index (κ2) is 167. The van der Waals surface area contributed by atoms with Crippen molar-refractivity contribution in [1.29, 1.82) is 0 Å². The van der Waals surface area contributed by atoms with Crippen molar-refractivity contribution in [2.75, 3.05) is 0 Å². The molecule has 64 valence electrons. The van der Waals surface area contributed by atoms with Crippen molar-refractivity contribution >= 4 is 37.7 Å². The van der Waals surface area contributed by atoms with Crippen molar-refractivity contribution in [2.45, 2.75) is 0 Å². The molecule has 0 aliphatic heterocycles. The second-order valence-corrected chi connectivity index (χ2v) is 0. The van der Waals surface area contributed by atoms with E-state index in [1.165, 1.54) is 0 Å². The number of rotatable bonds is 0. The molecule has 0 aromatic rings. The van der Waals surface area contributed by atoms with Crippen molar-refractivity contribution < 1.29 is 85.4 Å². The summed E-state index contributed by atoms with van der Waals surface area (Å²) in [6.45, 7) is 0. The van der Waals surface area contributed by atoms with Crippen molar-refractivity contribution in [3.05, 3.63) is 7.43 Å². The van der Waals surface area contributed by atoms with E-state index >= 15 is 0 Å². The zero-order valence-corrected chi connectivity index (χ0v) is 11.2. The molecule has 9 heteroatoms. The van der Waals surface area contributed by atoms with Gasteiger partial charge in [-0.05, 0) is 0 Å². The van der Waals surface area contributed by atoms with Gasteiger partial charge < -0.3 is 85.4 Å². The largest absolute Gasteiger partial charge is 4.00 e. The van der Waals surface area contributed by atoms with Crippen LogP contribution < -0.4 is 74.4 Å². The third-order valence-electron chi connectivity index (χ3n) is 0. The van der Waals surface area contributed by atoms with E-state index in [9.17, 15) is 0 Å². The minimum absolute atomic E-state index is 0.